The van der Waals surface area contributed by atoms with Crippen molar-refractivity contribution >= 4 is 17.3 Å². The van der Waals surface area contributed by atoms with E-state index in [1.807, 2.05) is 12.1 Å². The Kier molecular flexibility index (Phi) is 3.45. The van der Waals surface area contributed by atoms with Crippen LogP contribution in [0.5, 0.6) is 0 Å². The Morgan fingerprint density at radius 3 is 2.67 bits per heavy atom. The van der Waals surface area contributed by atoms with Gasteiger partial charge in [0.2, 0.25) is 0 Å². The highest BCUT2D eigenvalue weighted by atomic mass is 16.5. The Morgan fingerprint density at radius 1 is 1.39 bits per heavy atom. The Balaban J connectivity index is 2.26. The molecule has 4 nitrogen and oxygen atoms in total. The lowest BCUT2D eigenvalue weighted by atomic mass is 9.99. The summed E-state index contributed by atoms with van der Waals surface area (Å²) in [6, 6.07) is 5.41. The SMILES string of the molecule is COC(=O)c1cccc(NC2(C)CCCC2)c1N. The Labute approximate surface area is 108 Å². The minimum atomic E-state index is -0.396. The molecule has 98 valence electrons. The summed E-state index contributed by atoms with van der Waals surface area (Å²) in [4.78, 5) is 11.6. The van der Waals surface area contributed by atoms with Crippen molar-refractivity contribution in [3.8, 4) is 0 Å². The van der Waals surface area contributed by atoms with Crippen LogP contribution in [0, 0.1) is 0 Å². The van der Waals surface area contributed by atoms with E-state index in [2.05, 4.69) is 12.2 Å². The number of methoxy groups -OCH3 is 1. The molecule has 0 amide bonds. The molecule has 1 aliphatic rings. The molecule has 0 saturated heterocycles. The fourth-order valence-corrected chi connectivity index (χ4v) is 2.57. The first-order valence-corrected chi connectivity index (χ1v) is 6.31. The molecular formula is C14H20N2O2. The molecule has 0 spiro atoms. The van der Waals surface area contributed by atoms with E-state index < -0.39 is 5.97 Å². The summed E-state index contributed by atoms with van der Waals surface area (Å²) in [5.41, 5.74) is 7.83. The van der Waals surface area contributed by atoms with E-state index in [0.29, 0.717) is 11.3 Å². The van der Waals surface area contributed by atoms with Crippen LogP contribution in [-0.2, 0) is 4.74 Å². The van der Waals surface area contributed by atoms with Gasteiger partial charge in [0.05, 0.1) is 24.0 Å². The van der Waals surface area contributed by atoms with Gasteiger partial charge in [-0.3, -0.25) is 0 Å². The summed E-state index contributed by atoms with van der Waals surface area (Å²) in [7, 11) is 1.36. The van der Waals surface area contributed by atoms with E-state index in [9.17, 15) is 4.79 Å². The summed E-state index contributed by atoms with van der Waals surface area (Å²) in [6.45, 7) is 2.20. The molecule has 1 aromatic carbocycles. The number of rotatable bonds is 3. The summed E-state index contributed by atoms with van der Waals surface area (Å²) in [6.07, 6.45) is 4.74. The lowest BCUT2D eigenvalue weighted by molar-refractivity contribution is 0.0602. The quantitative estimate of drug-likeness (QED) is 0.637. The van der Waals surface area contributed by atoms with Gasteiger partial charge in [-0.2, -0.15) is 0 Å². The summed E-state index contributed by atoms with van der Waals surface area (Å²) < 4.78 is 4.72. The van der Waals surface area contributed by atoms with Crippen molar-refractivity contribution in [3.05, 3.63) is 23.8 Å². The number of benzene rings is 1. The molecular weight excluding hydrogens is 228 g/mol. The van der Waals surface area contributed by atoms with Crippen molar-refractivity contribution in [2.45, 2.75) is 38.1 Å². The number of nitrogen functional groups attached to an aromatic ring is 1. The van der Waals surface area contributed by atoms with E-state index in [4.69, 9.17) is 10.5 Å². The number of hydrogen-bond donors (Lipinski definition) is 2. The van der Waals surface area contributed by atoms with Gasteiger partial charge in [0, 0.05) is 5.54 Å². The molecule has 3 N–H and O–H groups in total. The van der Waals surface area contributed by atoms with E-state index in [-0.39, 0.29) is 5.54 Å². The number of carbonyl (C=O) groups is 1. The van der Waals surface area contributed by atoms with Gasteiger partial charge in [-0.25, -0.2) is 4.79 Å². The van der Waals surface area contributed by atoms with Crippen LogP contribution in [0.2, 0.25) is 0 Å². The Morgan fingerprint density at radius 2 is 2.06 bits per heavy atom. The second-order valence-electron chi connectivity index (χ2n) is 5.15. The van der Waals surface area contributed by atoms with E-state index >= 15 is 0 Å². The van der Waals surface area contributed by atoms with Crippen LogP contribution in [0.1, 0.15) is 43.0 Å². The molecule has 0 aromatic heterocycles. The van der Waals surface area contributed by atoms with Gasteiger partial charge in [0.25, 0.3) is 0 Å². The maximum absolute atomic E-state index is 11.6. The minimum absolute atomic E-state index is 0.0862. The van der Waals surface area contributed by atoms with Crippen LogP contribution in [0.25, 0.3) is 0 Å². The summed E-state index contributed by atoms with van der Waals surface area (Å²) in [5, 5.41) is 3.47. The maximum Gasteiger partial charge on any atom is 0.340 e. The summed E-state index contributed by atoms with van der Waals surface area (Å²) >= 11 is 0. The largest absolute Gasteiger partial charge is 0.465 e. The third kappa shape index (κ3) is 2.42. The van der Waals surface area contributed by atoms with E-state index in [1.165, 1.54) is 20.0 Å². The second-order valence-corrected chi connectivity index (χ2v) is 5.15. The van der Waals surface area contributed by atoms with Crippen molar-refractivity contribution in [2.75, 3.05) is 18.2 Å². The molecule has 0 unspecified atom stereocenters. The van der Waals surface area contributed by atoms with Gasteiger partial charge in [-0.05, 0) is 31.9 Å². The molecule has 1 aromatic rings. The fraction of sp³-hybridized carbons (Fsp3) is 0.500. The van der Waals surface area contributed by atoms with Crippen molar-refractivity contribution in [1.29, 1.82) is 0 Å². The van der Waals surface area contributed by atoms with Gasteiger partial charge >= 0.3 is 5.97 Å². The lowest BCUT2D eigenvalue weighted by Gasteiger charge is -2.27. The standard InChI is InChI=1S/C14H20N2O2/c1-14(8-3-4-9-14)16-11-7-5-6-10(12(11)15)13(17)18-2/h5-7,16H,3-4,8-9,15H2,1-2H3. The first-order valence-electron chi connectivity index (χ1n) is 6.31. The average Bonchev–Trinajstić information content (AvgIpc) is 2.78. The number of para-hydroxylation sites is 1. The molecule has 1 aliphatic carbocycles. The molecule has 0 atom stereocenters. The maximum atomic E-state index is 11.6. The lowest BCUT2D eigenvalue weighted by Crippen LogP contribution is -2.31. The van der Waals surface area contributed by atoms with Gasteiger partial charge in [0.15, 0.2) is 0 Å². The van der Waals surface area contributed by atoms with Crippen molar-refractivity contribution in [2.24, 2.45) is 0 Å². The van der Waals surface area contributed by atoms with Crippen LogP contribution < -0.4 is 11.1 Å². The normalized spacial score (nSPS) is 17.4. The van der Waals surface area contributed by atoms with Crippen molar-refractivity contribution in [3.63, 3.8) is 0 Å². The predicted molar refractivity (Wildman–Crippen MR) is 72.7 cm³/mol. The fourth-order valence-electron chi connectivity index (χ4n) is 2.57. The summed E-state index contributed by atoms with van der Waals surface area (Å²) in [5.74, 6) is -0.396. The van der Waals surface area contributed by atoms with Crippen molar-refractivity contribution < 1.29 is 9.53 Å². The smallest absolute Gasteiger partial charge is 0.340 e. The molecule has 0 heterocycles. The molecule has 0 aliphatic heterocycles. The third-order valence-electron chi connectivity index (χ3n) is 3.65. The number of ether oxygens (including phenoxy) is 1. The highest BCUT2D eigenvalue weighted by molar-refractivity contribution is 5.98. The second kappa shape index (κ2) is 4.88. The molecule has 4 heteroatoms. The number of esters is 1. The van der Waals surface area contributed by atoms with Crippen LogP contribution in [0.4, 0.5) is 11.4 Å². The molecule has 18 heavy (non-hydrogen) atoms. The Bertz CT molecular complexity index is 451. The van der Waals surface area contributed by atoms with Crippen LogP contribution in [-0.4, -0.2) is 18.6 Å². The highest BCUT2D eigenvalue weighted by Crippen LogP contribution is 2.35. The minimum Gasteiger partial charge on any atom is -0.465 e. The van der Waals surface area contributed by atoms with Gasteiger partial charge in [-0.15, -0.1) is 0 Å². The number of nitrogens with one attached hydrogen (secondary N) is 1. The van der Waals surface area contributed by atoms with Gasteiger partial charge in [-0.1, -0.05) is 18.9 Å². The Hall–Kier alpha value is -1.71. The molecule has 0 bridgehead atoms. The predicted octanol–water partition coefficient (Wildman–Crippen LogP) is 2.80. The molecule has 2 rings (SSSR count). The molecule has 1 fully saturated rings. The van der Waals surface area contributed by atoms with E-state index in [0.717, 1.165) is 18.5 Å². The number of hydrogen-bond acceptors (Lipinski definition) is 4. The third-order valence-corrected chi connectivity index (χ3v) is 3.65. The topological polar surface area (TPSA) is 64.3 Å². The van der Waals surface area contributed by atoms with Crippen LogP contribution in [0.3, 0.4) is 0 Å². The zero-order valence-electron chi connectivity index (χ0n) is 11.0. The number of anilines is 2. The zero-order chi connectivity index (χ0) is 13.2. The first kappa shape index (κ1) is 12.7. The number of nitrogens with two attached hydrogens (primary N) is 1. The van der Waals surface area contributed by atoms with Crippen LogP contribution in [0.15, 0.2) is 18.2 Å². The van der Waals surface area contributed by atoms with Gasteiger partial charge in [0.1, 0.15) is 0 Å². The van der Waals surface area contributed by atoms with Crippen molar-refractivity contribution in [1.82, 2.24) is 0 Å². The zero-order valence-corrected chi connectivity index (χ0v) is 11.0. The van der Waals surface area contributed by atoms with Gasteiger partial charge < -0.3 is 15.8 Å². The molecule has 1 saturated carbocycles. The first-order chi connectivity index (χ1) is 8.56. The monoisotopic (exact) mass is 248 g/mol. The molecule has 0 radical (unpaired) electrons. The average molecular weight is 248 g/mol. The number of carbonyl (C=O) groups excluding carboxylic acids is 1. The van der Waals surface area contributed by atoms with Crippen LogP contribution >= 0.6 is 0 Å². The van der Waals surface area contributed by atoms with E-state index in [1.54, 1.807) is 6.07 Å². The highest BCUT2D eigenvalue weighted by Gasteiger charge is 2.29.